The Bertz CT molecular complexity index is 460. The average Bonchev–Trinajstić information content (AvgIpc) is 2.91. The van der Waals surface area contributed by atoms with Crippen LogP contribution in [-0.2, 0) is 16.0 Å². The highest BCUT2D eigenvalue weighted by Crippen LogP contribution is 2.39. The number of aliphatic carboxylic acids is 1. The second-order valence-corrected chi connectivity index (χ2v) is 5.57. The molecule has 1 fully saturated rings. The molecule has 0 amide bonds. The van der Waals surface area contributed by atoms with Gasteiger partial charge in [0.05, 0.1) is 18.1 Å². The standard InChI is InChI=1S/C14H22N2O4/c1-8-9(2)19-10(3)13(8)14-16-15-11(20-14)6-4-5-7-12(17)18/h8-10,13H,4-7H2,1-3H3,(H,17,18). The maximum absolute atomic E-state index is 10.4. The fraction of sp³-hybridized carbons (Fsp3) is 0.786. The summed E-state index contributed by atoms with van der Waals surface area (Å²) in [5.74, 6) is 0.957. The quantitative estimate of drug-likeness (QED) is 0.806. The van der Waals surface area contributed by atoms with Crippen molar-refractivity contribution in [3.8, 4) is 0 Å². The van der Waals surface area contributed by atoms with E-state index < -0.39 is 5.97 Å². The lowest BCUT2D eigenvalue weighted by atomic mass is 9.89. The molecule has 0 aromatic carbocycles. The van der Waals surface area contributed by atoms with Crippen LogP contribution in [-0.4, -0.2) is 33.5 Å². The van der Waals surface area contributed by atoms with Crippen molar-refractivity contribution in [1.29, 1.82) is 0 Å². The summed E-state index contributed by atoms with van der Waals surface area (Å²) in [7, 11) is 0. The third-order valence-corrected chi connectivity index (χ3v) is 4.04. The third kappa shape index (κ3) is 3.36. The van der Waals surface area contributed by atoms with Crippen molar-refractivity contribution in [2.75, 3.05) is 0 Å². The average molecular weight is 282 g/mol. The SMILES string of the molecule is CC1OC(C)C(c2nnc(CCCCC(=O)O)o2)C1C. The van der Waals surface area contributed by atoms with Gasteiger partial charge in [0.2, 0.25) is 11.8 Å². The van der Waals surface area contributed by atoms with Crippen LogP contribution >= 0.6 is 0 Å². The van der Waals surface area contributed by atoms with Crippen LogP contribution in [0.15, 0.2) is 4.42 Å². The maximum Gasteiger partial charge on any atom is 0.303 e. The molecule has 0 aliphatic carbocycles. The molecule has 0 bridgehead atoms. The van der Waals surface area contributed by atoms with Crippen LogP contribution in [0.4, 0.5) is 0 Å². The molecule has 0 radical (unpaired) electrons. The number of unbranched alkanes of at least 4 members (excludes halogenated alkanes) is 1. The van der Waals surface area contributed by atoms with E-state index in [1.165, 1.54) is 0 Å². The first-order valence-electron chi connectivity index (χ1n) is 7.18. The smallest absolute Gasteiger partial charge is 0.303 e. The number of rotatable bonds is 6. The molecule has 6 heteroatoms. The van der Waals surface area contributed by atoms with Gasteiger partial charge in [0.15, 0.2) is 0 Å². The molecule has 1 N–H and O–H groups in total. The fourth-order valence-corrected chi connectivity index (χ4v) is 2.75. The monoisotopic (exact) mass is 282 g/mol. The largest absolute Gasteiger partial charge is 0.481 e. The van der Waals surface area contributed by atoms with Gasteiger partial charge >= 0.3 is 5.97 Å². The molecule has 1 aromatic heterocycles. The first kappa shape index (κ1) is 15.0. The predicted octanol–water partition coefficient (Wildman–Crippen LogP) is 2.39. The van der Waals surface area contributed by atoms with Gasteiger partial charge in [-0.25, -0.2) is 0 Å². The summed E-state index contributed by atoms with van der Waals surface area (Å²) in [6.07, 6.45) is 2.47. The minimum absolute atomic E-state index is 0.0836. The van der Waals surface area contributed by atoms with Gasteiger partial charge in [-0.2, -0.15) is 0 Å². The Kier molecular flexibility index (Phi) is 4.75. The van der Waals surface area contributed by atoms with Crippen molar-refractivity contribution in [3.63, 3.8) is 0 Å². The Labute approximate surface area is 118 Å². The fourth-order valence-electron chi connectivity index (χ4n) is 2.75. The van der Waals surface area contributed by atoms with Crippen LogP contribution in [0, 0.1) is 5.92 Å². The molecular formula is C14H22N2O4. The Morgan fingerprint density at radius 2 is 1.95 bits per heavy atom. The lowest BCUT2D eigenvalue weighted by molar-refractivity contribution is -0.137. The van der Waals surface area contributed by atoms with Gasteiger partial charge in [-0.05, 0) is 32.6 Å². The van der Waals surface area contributed by atoms with Crippen LogP contribution in [0.2, 0.25) is 0 Å². The second-order valence-electron chi connectivity index (χ2n) is 5.57. The zero-order valence-electron chi connectivity index (χ0n) is 12.2. The van der Waals surface area contributed by atoms with E-state index >= 15 is 0 Å². The number of nitrogens with zero attached hydrogens (tertiary/aromatic N) is 2. The molecule has 0 spiro atoms. The van der Waals surface area contributed by atoms with E-state index in [9.17, 15) is 4.79 Å². The van der Waals surface area contributed by atoms with Crippen LogP contribution in [0.25, 0.3) is 0 Å². The number of carbonyl (C=O) groups is 1. The van der Waals surface area contributed by atoms with Crippen molar-refractivity contribution in [2.45, 2.75) is 64.6 Å². The highest BCUT2D eigenvalue weighted by Gasteiger charge is 2.41. The molecule has 4 atom stereocenters. The number of carboxylic acids is 1. The molecule has 6 nitrogen and oxygen atoms in total. The van der Waals surface area contributed by atoms with Crippen LogP contribution in [0.1, 0.15) is 57.7 Å². The van der Waals surface area contributed by atoms with Gasteiger partial charge in [-0.1, -0.05) is 6.92 Å². The summed E-state index contributed by atoms with van der Waals surface area (Å²) in [5.41, 5.74) is 0. The van der Waals surface area contributed by atoms with E-state index in [1.54, 1.807) is 0 Å². The maximum atomic E-state index is 10.4. The Morgan fingerprint density at radius 1 is 1.20 bits per heavy atom. The molecule has 2 heterocycles. The van der Waals surface area contributed by atoms with E-state index in [2.05, 4.69) is 24.0 Å². The molecular weight excluding hydrogens is 260 g/mol. The molecule has 2 rings (SSSR count). The van der Waals surface area contributed by atoms with Crippen molar-refractivity contribution in [3.05, 3.63) is 11.8 Å². The zero-order chi connectivity index (χ0) is 14.7. The molecule has 0 saturated carbocycles. The van der Waals surface area contributed by atoms with Crippen molar-refractivity contribution >= 4 is 5.97 Å². The van der Waals surface area contributed by atoms with Gasteiger partial charge in [0, 0.05) is 12.8 Å². The molecule has 112 valence electrons. The molecule has 20 heavy (non-hydrogen) atoms. The summed E-state index contributed by atoms with van der Waals surface area (Å²) in [4.78, 5) is 10.4. The minimum Gasteiger partial charge on any atom is -0.481 e. The molecule has 4 unspecified atom stereocenters. The van der Waals surface area contributed by atoms with E-state index in [0.717, 1.165) is 6.42 Å². The minimum atomic E-state index is -0.768. The van der Waals surface area contributed by atoms with E-state index in [0.29, 0.717) is 30.5 Å². The Balaban J connectivity index is 1.90. The van der Waals surface area contributed by atoms with Gasteiger partial charge in [-0.3, -0.25) is 4.79 Å². The highest BCUT2D eigenvalue weighted by molar-refractivity contribution is 5.66. The number of hydrogen-bond donors (Lipinski definition) is 1. The van der Waals surface area contributed by atoms with Crippen molar-refractivity contribution in [2.24, 2.45) is 5.92 Å². The number of carboxylic acid groups (broad SMARTS) is 1. The van der Waals surface area contributed by atoms with Crippen LogP contribution in [0.5, 0.6) is 0 Å². The number of aryl methyl sites for hydroxylation is 1. The first-order chi connectivity index (χ1) is 9.49. The van der Waals surface area contributed by atoms with Gasteiger partial charge < -0.3 is 14.3 Å². The summed E-state index contributed by atoms with van der Waals surface area (Å²) in [6.45, 7) is 6.22. The number of ether oxygens (including phenoxy) is 1. The predicted molar refractivity (Wildman–Crippen MR) is 71.4 cm³/mol. The van der Waals surface area contributed by atoms with E-state index in [4.69, 9.17) is 14.3 Å². The summed E-state index contributed by atoms with van der Waals surface area (Å²) < 4.78 is 11.5. The lowest BCUT2D eigenvalue weighted by Gasteiger charge is -2.13. The first-order valence-corrected chi connectivity index (χ1v) is 7.18. The molecule has 1 saturated heterocycles. The van der Waals surface area contributed by atoms with E-state index in [1.807, 2.05) is 6.92 Å². The van der Waals surface area contributed by atoms with Crippen molar-refractivity contribution in [1.82, 2.24) is 10.2 Å². The third-order valence-electron chi connectivity index (χ3n) is 4.04. The summed E-state index contributed by atoms with van der Waals surface area (Å²) in [6, 6.07) is 0. The highest BCUT2D eigenvalue weighted by atomic mass is 16.5. The number of aromatic nitrogens is 2. The molecule has 1 aliphatic rings. The summed E-state index contributed by atoms with van der Waals surface area (Å²) in [5, 5.41) is 16.8. The van der Waals surface area contributed by atoms with Crippen molar-refractivity contribution < 1.29 is 19.1 Å². The summed E-state index contributed by atoms with van der Waals surface area (Å²) >= 11 is 0. The topological polar surface area (TPSA) is 85.5 Å². The molecule has 1 aromatic rings. The van der Waals surface area contributed by atoms with Gasteiger partial charge in [0.25, 0.3) is 0 Å². The lowest BCUT2D eigenvalue weighted by Crippen LogP contribution is -2.15. The molecule has 1 aliphatic heterocycles. The zero-order valence-corrected chi connectivity index (χ0v) is 12.2. The van der Waals surface area contributed by atoms with E-state index in [-0.39, 0.29) is 24.5 Å². The Morgan fingerprint density at radius 3 is 2.55 bits per heavy atom. The number of hydrogen-bond acceptors (Lipinski definition) is 5. The van der Waals surface area contributed by atoms with Crippen LogP contribution < -0.4 is 0 Å². The van der Waals surface area contributed by atoms with Gasteiger partial charge in [-0.15, -0.1) is 10.2 Å². The van der Waals surface area contributed by atoms with Gasteiger partial charge in [0.1, 0.15) is 0 Å². The van der Waals surface area contributed by atoms with Crippen LogP contribution in [0.3, 0.4) is 0 Å². The normalized spacial score (nSPS) is 29.8. The second kappa shape index (κ2) is 6.35. The Hall–Kier alpha value is -1.43.